The zero-order valence-corrected chi connectivity index (χ0v) is 16.3. The lowest BCUT2D eigenvalue weighted by molar-refractivity contribution is 0.147. The van der Waals surface area contributed by atoms with Crippen molar-refractivity contribution < 1.29 is 5.11 Å². The third-order valence-corrected chi connectivity index (χ3v) is 4.89. The quantitative estimate of drug-likeness (QED) is 0.178. The van der Waals surface area contributed by atoms with Crippen LogP contribution in [-0.4, -0.2) is 11.2 Å². The lowest BCUT2D eigenvalue weighted by Crippen LogP contribution is -2.05. The van der Waals surface area contributed by atoms with Gasteiger partial charge in [0, 0.05) is 0 Å². The smallest absolute Gasteiger partial charge is 0.0540 e. The van der Waals surface area contributed by atoms with Crippen molar-refractivity contribution in [1.29, 1.82) is 0 Å². The Morgan fingerprint density at radius 3 is 1.12 bits per heavy atom. The first kappa shape index (κ1) is 23.4. The molecule has 0 saturated carbocycles. The minimum Gasteiger partial charge on any atom is -0.393 e. The van der Waals surface area contributed by atoms with Gasteiger partial charge in [-0.25, -0.2) is 0 Å². The topological polar surface area (TPSA) is 20.2 Å². The minimum absolute atomic E-state index is 0.0508. The fourth-order valence-corrected chi connectivity index (χ4v) is 3.25. The third kappa shape index (κ3) is 19.5. The molecule has 0 aliphatic carbocycles. The predicted molar refractivity (Wildman–Crippen MR) is 110 cm³/mol. The molecule has 0 rings (SSSR count). The van der Waals surface area contributed by atoms with E-state index in [1.165, 1.54) is 103 Å². The molecule has 1 N–H and O–H groups in total. The van der Waals surface area contributed by atoms with Gasteiger partial charge in [0.25, 0.3) is 0 Å². The van der Waals surface area contributed by atoms with Crippen molar-refractivity contribution in [2.45, 2.75) is 122 Å². The van der Waals surface area contributed by atoms with Gasteiger partial charge in [-0.15, -0.1) is 13.2 Å². The Bertz CT molecular complexity index is 233. The zero-order valence-electron chi connectivity index (χ0n) is 16.3. The van der Waals surface area contributed by atoms with Gasteiger partial charge in [-0.3, -0.25) is 0 Å². The molecule has 0 amide bonds. The summed E-state index contributed by atoms with van der Waals surface area (Å²) >= 11 is 0. The maximum atomic E-state index is 10.0. The van der Waals surface area contributed by atoms with Crippen LogP contribution in [0.1, 0.15) is 116 Å². The first-order valence-electron chi connectivity index (χ1n) is 10.7. The number of rotatable bonds is 20. The molecule has 0 aliphatic heterocycles. The summed E-state index contributed by atoms with van der Waals surface area (Å²) in [6, 6.07) is 0. The molecule has 0 bridgehead atoms. The molecule has 1 heteroatoms. The number of unbranched alkanes of at least 4 members (excludes halogenated alkanes) is 14. The van der Waals surface area contributed by atoms with Gasteiger partial charge in [-0.05, 0) is 38.5 Å². The highest BCUT2D eigenvalue weighted by Crippen LogP contribution is 2.15. The van der Waals surface area contributed by atoms with E-state index in [-0.39, 0.29) is 6.10 Å². The van der Waals surface area contributed by atoms with E-state index in [0.29, 0.717) is 0 Å². The molecule has 0 atom stereocenters. The van der Waals surface area contributed by atoms with E-state index in [4.69, 9.17) is 0 Å². The van der Waals surface area contributed by atoms with Crippen molar-refractivity contribution in [2.24, 2.45) is 0 Å². The van der Waals surface area contributed by atoms with Gasteiger partial charge in [0.05, 0.1) is 6.10 Å². The summed E-state index contributed by atoms with van der Waals surface area (Å²) in [7, 11) is 0. The van der Waals surface area contributed by atoms with Crippen LogP contribution < -0.4 is 0 Å². The molecule has 24 heavy (non-hydrogen) atoms. The van der Waals surface area contributed by atoms with Crippen LogP contribution in [0, 0.1) is 0 Å². The lowest BCUT2D eigenvalue weighted by atomic mass is 10.0. The van der Waals surface area contributed by atoms with Crippen molar-refractivity contribution in [3.8, 4) is 0 Å². The highest BCUT2D eigenvalue weighted by atomic mass is 16.3. The SMILES string of the molecule is C=CCCCCCCCCCC(O)CCCCCCCCCC=C. The molecule has 0 fully saturated rings. The molecule has 0 radical (unpaired) electrons. The number of aliphatic hydroxyl groups is 1. The molecule has 0 aliphatic rings. The summed E-state index contributed by atoms with van der Waals surface area (Å²) in [5.74, 6) is 0. The largest absolute Gasteiger partial charge is 0.393 e. The van der Waals surface area contributed by atoms with Gasteiger partial charge in [0.2, 0.25) is 0 Å². The van der Waals surface area contributed by atoms with E-state index in [0.717, 1.165) is 12.8 Å². The predicted octanol–water partition coefficient (Wildman–Crippen LogP) is 7.74. The Labute approximate surface area is 152 Å². The highest BCUT2D eigenvalue weighted by molar-refractivity contribution is 4.66. The number of hydrogen-bond acceptors (Lipinski definition) is 1. The lowest BCUT2D eigenvalue weighted by Gasteiger charge is -2.10. The minimum atomic E-state index is -0.0508. The molecule has 1 nitrogen and oxygen atoms in total. The summed E-state index contributed by atoms with van der Waals surface area (Å²) < 4.78 is 0. The zero-order chi connectivity index (χ0) is 17.7. The average molecular weight is 337 g/mol. The summed E-state index contributed by atoms with van der Waals surface area (Å²) in [6.45, 7) is 7.52. The van der Waals surface area contributed by atoms with Crippen LogP contribution in [0.3, 0.4) is 0 Å². The number of aliphatic hydroxyl groups excluding tert-OH is 1. The maximum absolute atomic E-state index is 10.0. The van der Waals surface area contributed by atoms with E-state index in [1.807, 2.05) is 12.2 Å². The molecule has 0 saturated heterocycles. The highest BCUT2D eigenvalue weighted by Gasteiger charge is 2.03. The van der Waals surface area contributed by atoms with E-state index in [9.17, 15) is 5.11 Å². The monoisotopic (exact) mass is 336 g/mol. The molecule has 0 aromatic carbocycles. The van der Waals surface area contributed by atoms with Gasteiger partial charge in [0.15, 0.2) is 0 Å². The second-order valence-corrected chi connectivity index (χ2v) is 7.34. The van der Waals surface area contributed by atoms with Crippen molar-refractivity contribution in [3.63, 3.8) is 0 Å². The van der Waals surface area contributed by atoms with Crippen LogP contribution in [0.25, 0.3) is 0 Å². The van der Waals surface area contributed by atoms with E-state index in [1.54, 1.807) is 0 Å². The Balaban J connectivity index is 3.14. The summed E-state index contributed by atoms with van der Waals surface area (Å²) in [4.78, 5) is 0. The number of hydrogen-bond donors (Lipinski definition) is 1. The maximum Gasteiger partial charge on any atom is 0.0540 e. The van der Waals surface area contributed by atoms with E-state index >= 15 is 0 Å². The van der Waals surface area contributed by atoms with Crippen LogP contribution in [0.2, 0.25) is 0 Å². The van der Waals surface area contributed by atoms with Gasteiger partial charge in [0.1, 0.15) is 0 Å². The van der Waals surface area contributed by atoms with Crippen molar-refractivity contribution in [3.05, 3.63) is 25.3 Å². The summed E-state index contributed by atoms with van der Waals surface area (Å²) in [5.41, 5.74) is 0. The average Bonchev–Trinajstić information content (AvgIpc) is 2.59. The molecule has 0 heterocycles. The molecular weight excluding hydrogens is 292 g/mol. The fourth-order valence-electron chi connectivity index (χ4n) is 3.25. The Morgan fingerprint density at radius 2 is 0.792 bits per heavy atom. The summed E-state index contributed by atoms with van der Waals surface area (Å²) in [5, 5.41) is 10.0. The van der Waals surface area contributed by atoms with Crippen LogP contribution in [0.15, 0.2) is 25.3 Å². The van der Waals surface area contributed by atoms with Gasteiger partial charge in [-0.2, -0.15) is 0 Å². The molecule has 0 aromatic rings. The Morgan fingerprint density at radius 1 is 0.500 bits per heavy atom. The second kappa shape index (κ2) is 20.5. The Kier molecular flexibility index (Phi) is 20.0. The molecule has 0 aromatic heterocycles. The van der Waals surface area contributed by atoms with Crippen LogP contribution in [0.4, 0.5) is 0 Å². The van der Waals surface area contributed by atoms with Gasteiger partial charge >= 0.3 is 0 Å². The van der Waals surface area contributed by atoms with Gasteiger partial charge < -0.3 is 5.11 Å². The first-order chi connectivity index (χ1) is 11.8. The van der Waals surface area contributed by atoms with Crippen molar-refractivity contribution in [2.75, 3.05) is 0 Å². The van der Waals surface area contributed by atoms with Crippen LogP contribution >= 0.6 is 0 Å². The molecule has 0 spiro atoms. The van der Waals surface area contributed by atoms with Crippen molar-refractivity contribution in [1.82, 2.24) is 0 Å². The normalized spacial score (nSPS) is 11.1. The molecule has 142 valence electrons. The number of allylic oxidation sites excluding steroid dienone is 2. The fraction of sp³-hybridized carbons (Fsp3) is 0.826. The molecule has 0 unspecified atom stereocenters. The van der Waals surface area contributed by atoms with Crippen LogP contribution in [0.5, 0.6) is 0 Å². The second-order valence-electron chi connectivity index (χ2n) is 7.34. The van der Waals surface area contributed by atoms with E-state index < -0.39 is 0 Å². The van der Waals surface area contributed by atoms with E-state index in [2.05, 4.69) is 13.2 Å². The molecular formula is C23H44O. The Hall–Kier alpha value is -0.560. The standard InChI is InChI=1S/C23H44O/c1-3-5-7-9-11-13-15-17-19-21-23(24)22-20-18-16-14-12-10-8-6-4-2/h3-4,23-24H,1-2,5-22H2. The summed E-state index contributed by atoms with van der Waals surface area (Å²) in [6.07, 6.45) is 26.8. The van der Waals surface area contributed by atoms with Crippen LogP contribution in [-0.2, 0) is 0 Å². The van der Waals surface area contributed by atoms with Crippen molar-refractivity contribution >= 4 is 0 Å². The first-order valence-corrected chi connectivity index (χ1v) is 10.7. The third-order valence-electron chi connectivity index (χ3n) is 4.89. The van der Waals surface area contributed by atoms with Gasteiger partial charge in [-0.1, -0.05) is 89.2 Å².